The van der Waals surface area contributed by atoms with Gasteiger partial charge in [-0.3, -0.25) is 0 Å². The van der Waals surface area contributed by atoms with Crippen LogP contribution < -0.4 is 4.72 Å². The summed E-state index contributed by atoms with van der Waals surface area (Å²) in [4.78, 5) is 3.64. The summed E-state index contributed by atoms with van der Waals surface area (Å²) in [6.07, 6.45) is 1.41. The Morgan fingerprint density at radius 1 is 1.37 bits per heavy atom. The Morgan fingerprint density at radius 2 is 1.89 bits per heavy atom. The molecule has 0 radical (unpaired) electrons. The number of aromatic nitrogens is 1. The number of rotatable bonds is 4. The van der Waals surface area contributed by atoms with Crippen molar-refractivity contribution in [3.8, 4) is 0 Å². The van der Waals surface area contributed by atoms with Gasteiger partial charge in [-0.1, -0.05) is 11.6 Å². The van der Waals surface area contributed by atoms with E-state index in [0.717, 1.165) is 0 Å². The van der Waals surface area contributed by atoms with Gasteiger partial charge in [-0.25, -0.2) is 18.1 Å². The Morgan fingerprint density at radius 3 is 2.37 bits per heavy atom. The highest BCUT2D eigenvalue weighted by Crippen LogP contribution is 2.27. The number of pyridine rings is 1. The number of sulfonamides is 1. The lowest BCUT2D eigenvalue weighted by atomic mass is 9.87. The average molecular weight is 372 g/mol. The molecule has 19 heavy (non-hydrogen) atoms. The van der Waals surface area contributed by atoms with Crippen molar-refractivity contribution in [3.63, 3.8) is 0 Å². The van der Waals surface area contributed by atoms with Crippen LogP contribution in [0.1, 0.15) is 27.7 Å². The van der Waals surface area contributed by atoms with E-state index < -0.39 is 21.2 Å². The first kappa shape index (κ1) is 16.8. The smallest absolute Gasteiger partial charge is 0.244 e. The van der Waals surface area contributed by atoms with Gasteiger partial charge in [0.05, 0.1) is 11.1 Å². The van der Waals surface area contributed by atoms with E-state index in [2.05, 4.69) is 25.6 Å². The molecule has 8 heteroatoms. The molecule has 0 fully saturated rings. The first-order chi connectivity index (χ1) is 8.37. The maximum Gasteiger partial charge on any atom is 0.244 e. The van der Waals surface area contributed by atoms with Crippen LogP contribution in [0.3, 0.4) is 0 Å². The first-order valence-corrected chi connectivity index (χ1v) is 8.10. The number of hydrogen-bond donors (Lipinski definition) is 2. The number of hydrogen-bond acceptors (Lipinski definition) is 4. The molecule has 1 rings (SSSR count). The molecule has 0 aliphatic rings. The zero-order valence-corrected chi connectivity index (χ0v) is 14.2. The van der Waals surface area contributed by atoms with E-state index in [1.807, 2.05) is 0 Å². The highest BCUT2D eigenvalue weighted by molar-refractivity contribution is 9.10. The first-order valence-electron chi connectivity index (χ1n) is 5.44. The summed E-state index contributed by atoms with van der Waals surface area (Å²) in [6, 6.07) is 1.36. The van der Waals surface area contributed by atoms with Crippen molar-refractivity contribution in [3.05, 3.63) is 21.9 Å². The molecule has 0 atom stereocenters. The van der Waals surface area contributed by atoms with Gasteiger partial charge < -0.3 is 5.11 Å². The third-order valence-corrected chi connectivity index (χ3v) is 5.50. The third kappa shape index (κ3) is 3.88. The summed E-state index contributed by atoms with van der Waals surface area (Å²) in [5.74, 6) is 0. The second-order valence-electron chi connectivity index (χ2n) is 5.23. The largest absolute Gasteiger partial charge is 0.389 e. The Kier molecular flexibility index (Phi) is 4.69. The Labute approximate surface area is 126 Å². The van der Waals surface area contributed by atoms with Gasteiger partial charge >= 0.3 is 0 Å². The van der Waals surface area contributed by atoms with Crippen molar-refractivity contribution in [1.29, 1.82) is 0 Å². The second-order valence-corrected chi connectivity index (χ2v) is 8.16. The van der Waals surface area contributed by atoms with Crippen molar-refractivity contribution in [2.75, 3.05) is 0 Å². The van der Waals surface area contributed by atoms with Crippen molar-refractivity contribution in [2.45, 2.75) is 43.7 Å². The highest BCUT2D eigenvalue weighted by Gasteiger charge is 2.39. The molecule has 0 saturated heterocycles. The van der Waals surface area contributed by atoms with Gasteiger partial charge in [0, 0.05) is 10.7 Å². The number of nitrogens with zero attached hydrogens (tertiary/aromatic N) is 1. The van der Waals surface area contributed by atoms with Crippen LogP contribution in [0.25, 0.3) is 0 Å². The lowest BCUT2D eigenvalue weighted by Gasteiger charge is -2.37. The van der Waals surface area contributed by atoms with Crippen molar-refractivity contribution < 1.29 is 13.5 Å². The molecule has 0 amide bonds. The summed E-state index contributed by atoms with van der Waals surface area (Å²) < 4.78 is 27.5. The van der Waals surface area contributed by atoms with Gasteiger partial charge in [0.1, 0.15) is 10.0 Å². The minimum atomic E-state index is -3.89. The van der Waals surface area contributed by atoms with Gasteiger partial charge in [0.25, 0.3) is 0 Å². The van der Waals surface area contributed by atoms with Crippen molar-refractivity contribution in [2.24, 2.45) is 0 Å². The molecular formula is C11H16BrClN2O3S. The molecule has 0 aromatic carbocycles. The molecule has 108 valence electrons. The van der Waals surface area contributed by atoms with E-state index in [4.69, 9.17) is 11.6 Å². The predicted molar refractivity (Wildman–Crippen MR) is 77.6 cm³/mol. The van der Waals surface area contributed by atoms with Crippen LogP contribution in [0.4, 0.5) is 0 Å². The monoisotopic (exact) mass is 370 g/mol. The van der Waals surface area contributed by atoms with Crippen LogP contribution in [0.2, 0.25) is 5.15 Å². The van der Waals surface area contributed by atoms with Gasteiger partial charge in [0.15, 0.2) is 0 Å². The molecule has 1 aromatic heterocycles. The Hall–Kier alpha value is -0.210. The molecule has 5 nitrogen and oxygen atoms in total. The zero-order chi connectivity index (χ0) is 15.1. The van der Waals surface area contributed by atoms with Crippen LogP contribution in [-0.2, 0) is 10.0 Å². The topological polar surface area (TPSA) is 79.3 Å². The molecule has 1 aromatic rings. The van der Waals surface area contributed by atoms with Crippen LogP contribution >= 0.6 is 27.5 Å². The Bertz CT molecular complexity index is 582. The molecule has 0 aliphatic carbocycles. The molecule has 0 bridgehead atoms. The quantitative estimate of drug-likeness (QED) is 0.796. The van der Waals surface area contributed by atoms with Crippen molar-refractivity contribution >= 4 is 37.6 Å². The number of aliphatic hydroxyl groups is 1. The zero-order valence-electron chi connectivity index (χ0n) is 11.0. The standard InChI is InChI=1S/C11H16BrClN2O3S/c1-10(2,11(3,4)16)15-19(17,18)8-5-7(12)6-14-9(8)13/h5-6,15-16H,1-4H3. The SMILES string of the molecule is CC(C)(O)C(C)(C)NS(=O)(=O)c1cc(Br)cnc1Cl. The van der Waals surface area contributed by atoms with Gasteiger partial charge in [-0.05, 0) is 49.7 Å². The van der Waals surface area contributed by atoms with E-state index in [0.29, 0.717) is 4.47 Å². The minimum absolute atomic E-state index is 0.123. The Balaban J connectivity index is 3.23. The van der Waals surface area contributed by atoms with Crippen LogP contribution in [0.15, 0.2) is 21.6 Å². The fourth-order valence-electron chi connectivity index (χ4n) is 1.11. The molecule has 0 spiro atoms. The normalized spacial score (nSPS) is 13.6. The van der Waals surface area contributed by atoms with Crippen LogP contribution in [0, 0.1) is 0 Å². The molecule has 0 saturated carbocycles. The second kappa shape index (κ2) is 5.29. The summed E-state index contributed by atoms with van der Waals surface area (Å²) in [6.45, 7) is 6.22. The van der Waals surface area contributed by atoms with Gasteiger partial charge in [-0.2, -0.15) is 0 Å². The summed E-state index contributed by atoms with van der Waals surface area (Å²) in [5.41, 5.74) is -2.32. The summed E-state index contributed by atoms with van der Waals surface area (Å²) in [7, 11) is -3.89. The molecule has 1 heterocycles. The maximum absolute atomic E-state index is 12.3. The van der Waals surface area contributed by atoms with E-state index >= 15 is 0 Å². The van der Waals surface area contributed by atoms with E-state index in [-0.39, 0.29) is 10.0 Å². The average Bonchev–Trinajstić information content (AvgIpc) is 2.18. The van der Waals surface area contributed by atoms with Crippen LogP contribution in [0.5, 0.6) is 0 Å². The van der Waals surface area contributed by atoms with Crippen molar-refractivity contribution in [1.82, 2.24) is 9.71 Å². The van der Waals surface area contributed by atoms with E-state index in [9.17, 15) is 13.5 Å². The molecule has 0 unspecified atom stereocenters. The fraction of sp³-hybridized carbons (Fsp3) is 0.545. The highest BCUT2D eigenvalue weighted by atomic mass is 79.9. The lowest BCUT2D eigenvalue weighted by Crippen LogP contribution is -2.57. The fourth-order valence-corrected chi connectivity index (χ4v) is 3.59. The van der Waals surface area contributed by atoms with Crippen LogP contribution in [-0.4, -0.2) is 29.6 Å². The molecule has 0 aliphatic heterocycles. The number of nitrogens with one attached hydrogen (secondary N) is 1. The molecule has 2 N–H and O–H groups in total. The lowest BCUT2D eigenvalue weighted by molar-refractivity contribution is 0.00638. The van der Waals surface area contributed by atoms with E-state index in [1.165, 1.54) is 26.1 Å². The minimum Gasteiger partial charge on any atom is -0.389 e. The summed E-state index contributed by atoms with van der Waals surface area (Å²) >= 11 is 8.96. The van der Waals surface area contributed by atoms with Gasteiger partial charge in [-0.15, -0.1) is 0 Å². The molecular weight excluding hydrogens is 356 g/mol. The summed E-state index contributed by atoms with van der Waals surface area (Å²) in [5, 5.41) is 9.87. The third-order valence-electron chi connectivity index (χ3n) is 2.98. The van der Waals surface area contributed by atoms with E-state index in [1.54, 1.807) is 13.8 Å². The van der Waals surface area contributed by atoms with Gasteiger partial charge in [0.2, 0.25) is 10.0 Å². The predicted octanol–water partition coefficient (Wildman–Crippen LogP) is 2.33. The number of halogens is 2. The maximum atomic E-state index is 12.3.